The number of nitrogens with zero attached hydrogens (tertiary/aromatic N) is 1. The molecule has 21 heavy (non-hydrogen) atoms. The normalized spacial score (nSPS) is 12.4. The third-order valence-corrected chi connectivity index (χ3v) is 3.55. The molecule has 0 aliphatic heterocycles. The van der Waals surface area contributed by atoms with Crippen LogP contribution < -0.4 is 5.32 Å². The summed E-state index contributed by atoms with van der Waals surface area (Å²) in [5.41, 5.74) is 3.31. The average Bonchev–Trinajstić information content (AvgIpc) is 2.91. The highest BCUT2D eigenvalue weighted by molar-refractivity contribution is 5.93. The van der Waals surface area contributed by atoms with Gasteiger partial charge in [-0.05, 0) is 29.5 Å². The highest BCUT2D eigenvalue weighted by atomic mass is 16.3. The number of hydrogen-bond acceptors (Lipinski definition) is 3. The van der Waals surface area contributed by atoms with Gasteiger partial charge in [0.15, 0.2) is 0 Å². The number of hydrogen-bond donors (Lipinski definition) is 3. The van der Waals surface area contributed by atoms with Crippen LogP contribution in [0.1, 0.15) is 53.0 Å². The number of nitrogens with one attached hydrogen (secondary N) is 2. The fourth-order valence-electron chi connectivity index (χ4n) is 2.15. The van der Waals surface area contributed by atoms with Crippen LogP contribution in [-0.2, 0) is 0 Å². The molecule has 5 heteroatoms. The lowest BCUT2D eigenvalue weighted by Gasteiger charge is -2.17. The van der Waals surface area contributed by atoms with Gasteiger partial charge < -0.3 is 10.4 Å². The van der Waals surface area contributed by atoms with Crippen molar-refractivity contribution in [1.82, 2.24) is 15.5 Å². The van der Waals surface area contributed by atoms with Gasteiger partial charge in [0.1, 0.15) is 5.69 Å². The Morgan fingerprint density at radius 2 is 1.90 bits per heavy atom. The number of amides is 1. The topological polar surface area (TPSA) is 78.0 Å². The van der Waals surface area contributed by atoms with E-state index in [0.717, 1.165) is 11.1 Å². The van der Waals surface area contributed by atoms with Crippen LogP contribution in [0.2, 0.25) is 0 Å². The van der Waals surface area contributed by atoms with E-state index in [2.05, 4.69) is 29.4 Å². The highest BCUT2D eigenvalue weighted by Gasteiger charge is 2.17. The first-order chi connectivity index (χ1) is 10.0. The third-order valence-electron chi connectivity index (χ3n) is 3.55. The molecule has 0 spiro atoms. The number of benzene rings is 1. The van der Waals surface area contributed by atoms with Crippen LogP contribution in [0.4, 0.5) is 0 Å². The Kier molecular flexibility index (Phi) is 4.75. The van der Waals surface area contributed by atoms with Crippen molar-refractivity contribution in [2.75, 3.05) is 6.61 Å². The molecule has 1 aromatic carbocycles. The molecular weight excluding hydrogens is 266 g/mol. The van der Waals surface area contributed by atoms with Crippen LogP contribution in [0.15, 0.2) is 30.5 Å². The second kappa shape index (κ2) is 6.54. The number of aromatic amines is 1. The Hall–Kier alpha value is -2.14. The minimum absolute atomic E-state index is 0.153. The van der Waals surface area contributed by atoms with E-state index in [4.69, 9.17) is 0 Å². The summed E-state index contributed by atoms with van der Waals surface area (Å²) in [7, 11) is 0. The van der Waals surface area contributed by atoms with Gasteiger partial charge in [-0.25, -0.2) is 0 Å². The number of H-pyrrole nitrogens is 1. The zero-order valence-corrected chi connectivity index (χ0v) is 12.6. The van der Waals surface area contributed by atoms with Crippen LogP contribution in [0.25, 0.3) is 0 Å². The maximum Gasteiger partial charge on any atom is 0.270 e. The van der Waals surface area contributed by atoms with Gasteiger partial charge in [-0.15, -0.1) is 0 Å². The molecule has 0 saturated carbocycles. The Morgan fingerprint density at radius 1 is 1.29 bits per heavy atom. The zero-order chi connectivity index (χ0) is 15.4. The summed E-state index contributed by atoms with van der Waals surface area (Å²) in [6, 6.07) is 7.50. The molecule has 3 N–H and O–H groups in total. The Balaban J connectivity index is 2.13. The van der Waals surface area contributed by atoms with E-state index in [1.807, 2.05) is 31.2 Å². The van der Waals surface area contributed by atoms with Crippen molar-refractivity contribution >= 4 is 5.91 Å². The van der Waals surface area contributed by atoms with Gasteiger partial charge in [0, 0.05) is 0 Å². The van der Waals surface area contributed by atoms with Crippen molar-refractivity contribution in [3.8, 4) is 0 Å². The summed E-state index contributed by atoms with van der Waals surface area (Å²) in [4.78, 5) is 12.2. The maximum atomic E-state index is 12.2. The number of aliphatic hydroxyl groups is 1. The first kappa shape index (κ1) is 15.3. The fourth-order valence-corrected chi connectivity index (χ4v) is 2.15. The Morgan fingerprint density at radius 3 is 2.38 bits per heavy atom. The van der Waals surface area contributed by atoms with Gasteiger partial charge in [-0.3, -0.25) is 9.89 Å². The molecule has 0 aliphatic rings. The van der Waals surface area contributed by atoms with Crippen molar-refractivity contribution in [1.29, 1.82) is 0 Å². The number of aliphatic hydroxyl groups excluding tert-OH is 1. The molecule has 1 amide bonds. The summed E-state index contributed by atoms with van der Waals surface area (Å²) in [6.07, 6.45) is 1.60. The van der Waals surface area contributed by atoms with Crippen molar-refractivity contribution in [3.05, 3.63) is 52.8 Å². The van der Waals surface area contributed by atoms with Crippen LogP contribution in [0, 0.1) is 6.92 Å². The number of aryl methyl sites for hydroxylation is 1. The molecule has 2 rings (SSSR count). The monoisotopic (exact) mass is 287 g/mol. The maximum absolute atomic E-state index is 12.2. The molecule has 0 bridgehead atoms. The van der Waals surface area contributed by atoms with Gasteiger partial charge in [0.25, 0.3) is 5.91 Å². The highest BCUT2D eigenvalue weighted by Crippen LogP contribution is 2.19. The lowest BCUT2D eigenvalue weighted by Crippen LogP contribution is -2.31. The summed E-state index contributed by atoms with van der Waals surface area (Å²) in [6.45, 7) is 5.91. The number of carbonyl (C=O) groups is 1. The second-order valence-corrected chi connectivity index (χ2v) is 5.46. The van der Waals surface area contributed by atoms with Gasteiger partial charge in [0.2, 0.25) is 0 Å². The van der Waals surface area contributed by atoms with E-state index < -0.39 is 6.04 Å². The lowest BCUT2D eigenvalue weighted by molar-refractivity contribution is 0.0910. The van der Waals surface area contributed by atoms with Crippen LogP contribution in [0.5, 0.6) is 0 Å². The van der Waals surface area contributed by atoms with E-state index in [1.54, 1.807) is 6.20 Å². The molecule has 1 aromatic heterocycles. The number of aromatic nitrogens is 2. The van der Waals surface area contributed by atoms with E-state index >= 15 is 0 Å². The molecule has 0 saturated heterocycles. The number of rotatable bonds is 5. The molecule has 1 atom stereocenters. The molecule has 2 aromatic rings. The summed E-state index contributed by atoms with van der Waals surface area (Å²) in [5, 5.41) is 18.8. The molecule has 1 unspecified atom stereocenters. The van der Waals surface area contributed by atoms with Crippen molar-refractivity contribution in [2.24, 2.45) is 0 Å². The van der Waals surface area contributed by atoms with Crippen molar-refractivity contribution in [3.63, 3.8) is 0 Å². The van der Waals surface area contributed by atoms with Gasteiger partial charge >= 0.3 is 0 Å². The number of carbonyl (C=O) groups excluding carboxylic acids is 1. The predicted molar refractivity (Wildman–Crippen MR) is 81.1 cm³/mol. The fraction of sp³-hybridized carbons (Fsp3) is 0.375. The van der Waals surface area contributed by atoms with E-state index in [-0.39, 0.29) is 12.5 Å². The van der Waals surface area contributed by atoms with Crippen LogP contribution >= 0.6 is 0 Å². The van der Waals surface area contributed by atoms with Crippen LogP contribution in [-0.4, -0.2) is 27.8 Å². The Labute approximate surface area is 124 Å². The molecule has 112 valence electrons. The minimum atomic E-state index is -0.429. The molecule has 0 fully saturated rings. The van der Waals surface area contributed by atoms with E-state index in [0.29, 0.717) is 11.6 Å². The van der Waals surface area contributed by atoms with Crippen molar-refractivity contribution in [2.45, 2.75) is 32.7 Å². The molecule has 0 radical (unpaired) electrons. The van der Waals surface area contributed by atoms with E-state index in [9.17, 15) is 9.90 Å². The summed E-state index contributed by atoms with van der Waals surface area (Å²) < 4.78 is 0. The second-order valence-electron chi connectivity index (χ2n) is 5.46. The van der Waals surface area contributed by atoms with Crippen LogP contribution in [0.3, 0.4) is 0 Å². The van der Waals surface area contributed by atoms with Gasteiger partial charge in [-0.2, -0.15) is 5.10 Å². The first-order valence-corrected chi connectivity index (χ1v) is 7.04. The molecule has 1 heterocycles. The zero-order valence-electron chi connectivity index (χ0n) is 12.6. The molecule has 0 aliphatic carbocycles. The Bertz CT molecular complexity index is 602. The molecular formula is C16H21N3O2. The predicted octanol–water partition coefficient (Wildman–Crippen LogP) is 2.30. The first-order valence-electron chi connectivity index (χ1n) is 7.04. The standard InChI is InChI=1S/C16H21N3O2/c1-10(2)12-4-6-13(7-5-12)14(9-20)18-16(21)15-11(3)8-17-19-15/h4-8,10,14,20H,9H2,1-3H3,(H,17,19)(H,18,21). The van der Waals surface area contributed by atoms with E-state index in [1.165, 1.54) is 5.56 Å². The lowest BCUT2D eigenvalue weighted by atomic mass is 9.99. The minimum Gasteiger partial charge on any atom is -0.394 e. The van der Waals surface area contributed by atoms with Gasteiger partial charge in [-0.1, -0.05) is 38.1 Å². The SMILES string of the molecule is Cc1cn[nH]c1C(=O)NC(CO)c1ccc(C(C)C)cc1. The van der Waals surface area contributed by atoms with Gasteiger partial charge in [0.05, 0.1) is 18.8 Å². The largest absolute Gasteiger partial charge is 0.394 e. The smallest absolute Gasteiger partial charge is 0.270 e. The quantitative estimate of drug-likeness (QED) is 0.789. The summed E-state index contributed by atoms with van der Waals surface area (Å²) in [5.74, 6) is 0.186. The van der Waals surface area contributed by atoms with Crippen molar-refractivity contribution < 1.29 is 9.90 Å². The average molecular weight is 287 g/mol. The summed E-state index contributed by atoms with van der Waals surface area (Å²) >= 11 is 0. The molecule has 5 nitrogen and oxygen atoms in total. The third kappa shape index (κ3) is 3.49.